The Morgan fingerprint density at radius 3 is 2.60 bits per heavy atom. The smallest absolute Gasteiger partial charge is 0.252 e. The van der Waals surface area contributed by atoms with Crippen LogP contribution in [0.5, 0.6) is 11.5 Å². The normalized spacial score (nSPS) is 17.5. The SMILES string of the molecule is COc1ccc(-c2cc(Nc3nc(NC4CCCCC4N)c(F)cc3C(N)=O)ccn2)c(OC)c1. The first-order valence-corrected chi connectivity index (χ1v) is 11.4. The van der Waals surface area contributed by atoms with E-state index in [1.807, 2.05) is 6.07 Å². The van der Waals surface area contributed by atoms with Gasteiger partial charge in [0.25, 0.3) is 5.91 Å². The molecule has 2 heterocycles. The Morgan fingerprint density at radius 1 is 1.09 bits per heavy atom. The highest BCUT2D eigenvalue weighted by molar-refractivity contribution is 5.98. The van der Waals surface area contributed by atoms with Crippen LogP contribution in [-0.2, 0) is 0 Å². The number of methoxy groups -OCH3 is 2. The molecule has 1 aliphatic rings. The molecule has 2 unspecified atom stereocenters. The largest absolute Gasteiger partial charge is 0.497 e. The van der Waals surface area contributed by atoms with E-state index in [4.69, 9.17) is 20.9 Å². The van der Waals surface area contributed by atoms with Crippen LogP contribution < -0.4 is 31.6 Å². The molecule has 0 bridgehead atoms. The predicted molar refractivity (Wildman–Crippen MR) is 133 cm³/mol. The van der Waals surface area contributed by atoms with Gasteiger partial charge in [-0.1, -0.05) is 12.8 Å². The third-order valence-electron chi connectivity index (χ3n) is 6.09. The monoisotopic (exact) mass is 480 g/mol. The van der Waals surface area contributed by atoms with Crippen molar-refractivity contribution in [3.63, 3.8) is 0 Å². The highest BCUT2D eigenvalue weighted by Crippen LogP contribution is 2.34. The summed E-state index contributed by atoms with van der Waals surface area (Å²) in [7, 11) is 3.14. The van der Waals surface area contributed by atoms with Gasteiger partial charge >= 0.3 is 0 Å². The van der Waals surface area contributed by atoms with Crippen LogP contribution in [0.3, 0.4) is 0 Å². The van der Waals surface area contributed by atoms with Crippen molar-refractivity contribution in [2.75, 3.05) is 24.9 Å². The lowest BCUT2D eigenvalue weighted by Crippen LogP contribution is -2.43. The number of ether oxygens (including phenoxy) is 2. The Kier molecular flexibility index (Phi) is 7.31. The molecular formula is C25H29FN6O3. The Labute approximate surface area is 203 Å². The van der Waals surface area contributed by atoms with Gasteiger partial charge in [0.05, 0.1) is 25.5 Å². The number of anilines is 3. The number of pyridine rings is 2. The van der Waals surface area contributed by atoms with Gasteiger partial charge in [0.1, 0.15) is 17.3 Å². The van der Waals surface area contributed by atoms with Crippen molar-refractivity contribution in [2.24, 2.45) is 11.5 Å². The number of halogens is 1. The van der Waals surface area contributed by atoms with Crippen molar-refractivity contribution in [2.45, 2.75) is 37.8 Å². The van der Waals surface area contributed by atoms with Crippen LogP contribution in [0, 0.1) is 5.82 Å². The molecule has 0 radical (unpaired) electrons. The zero-order valence-corrected chi connectivity index (χ0v) is 19.7. The lowest BCUT2D eigenvalue weighted by molar-refractivity contribution is 0.100. The Morgan fingerprint density at radius 2 is 1.89 bits per heavy atom. The van der Waals surface area contributed by atoms with Gasteiger partial charge in [-0.05, 0) is 43.2 Å². The van der Waals surface area contributed by atoms with E-state index in [9.17, 15) is 9.18 Å². The van der Waals surface area contributed by atoms with E-state index >= 15 is 0 Å². The van der Waals surface area contributed by atoms with E-state index in [0.29, 0.717) is 22.9 Å². The molecule has 3 aromatic rings. The second kappa shape index (κ2) is 10.6. The van der Waals surface area contributed by atoms with E-state index in [1.165, 1.54) is 0 Å². The maximum absolute atomic E-state index is 14.8. The standard InChI is InChI=1S/C25H29FN6O3/c1-34-15-7-8-16(22(12-15)35-2)21-11-14(9-10-29-21)30-24-17(23(28)33)13-18(26)25(32-24)31-20-6-4-3-5-19(20)27/h7-13,19-20H,3-6,27H2,1-2H3,(H2,28,33)(H2,29,30,31,32). The van der Waals surface area contributed by atoms with Crippen LogP contribution in [0.4, 0.5) is 21.7 Å². The minimum absolute atomic E-state index is 0.0194. The molecule has 184 valence electrons. The van der Waals surface area contributed by atoms with Crippen molar-refractivity contribution >= 4 is 23.2 Å². The van der Waals surface area contributed by atoms with Crippen LogP contribution in [0.15, 0.2) is 42.6 Å². The lowest BCUT2D eigenvalue weighted by Gasteiger charge is -2.30. The molecule has 2 atom stereocenters. The first kappa shape index (κ1) is 24.2. The van der Waals surface area contributed by atoms with Crippen LogP contribution in [0.1, 0.15) is 36.0 Å². The number of benzene rings is 1. The van der Waals surface area contributed by atoms with Crippen LogP contribution >= 0.6 is 0 Å². The van der Waals surface area contributed by atoms with Gasteiger partial charge in [-0.2, -0.15) is 0 Å². The maximum Gasteiger partial charge on any atom is 0.252 e. The van der Waals surface area contributed by atoms with Crippen molar-refractivity contribution in [1.82, 2.24) is 9.97 Å². The van der Waals surface area contributed by atoms with Gasteiger partial charge in [0.2, 0.25) is 0 Å². The predicted octanol–water partition coefficient (Wildman–Crippen LogP) is 3.82. The quantitative estimate of drug-likeness (QED) is 0.382. The summed E-state index contributed by atoms with van der Waals surface area (Å²) in [6, 6.07) is 9.77. The number of hydrogen-bond acceptors (Lipinski definition) is 8. The summed E-state index contributed by atoms with van der Waals surface area (Å²) < 4.78 is 25.6. The Balaban J connectivity index is 1.66. The summed E-state index contributed by atoms with van der Waals surface area (Å²) in [6.07, 6.45) is 5.34. The molecule has 4 rings (SSSR count). The average Bonchev–Trinajstić information content (AvgIpc) is 2.86. The minimum Gasteiger partial charge on any atom is -0.497 e. The number of nitrogens with zero attached hydrogens (tertiary/aromatic N) is 2. The number of amides is 1. The molecular weight excluding hydrogens is 451 g/mol. The fourth-order valence-electron chi connectivity index (χ4n) is 4.19. The number of primary amides is 1. The highest BCUT2D eigenvalue weighted by Gasteiger charge is 2.24. The average molecular weight is 481 g/mol. The molecule has 6 N–H and O–H groups in total. The first-order valence-electron chi connectivity index (χ1n) is 11.4. The number of nitrogens with one attached hydrogen (secondary N) is 2. The molecule has 0 aliphatic heterocycles. The van der Waals surface area contributed by atoms with Gasteiger partial charge in [-0.15, -0.1) is 0 Å². The van der Waals surface area contributed by atoms with Crippen molar-refractivity contribution in [3.8, 4) is 22.8 Å². The van der Waals surface area contributed by atoms with E-state index in [-0.39, 0.29) is 29.3 Å². The number of aromatic nitrogens is 2. The molecule has 1 amide bonds. The molecule has 9 nitrogen and oxygen atoms in total. The first-order chi connectivity index (χ1) is 16.9. The van der Waals surface area contributed by atoms with Crippen molar-refractivity contribution < 1.29 is 18.7 Å². The van der Waals surface area contributed by atoms with Crippen molar-refractivity contribution in [1.29, 1.82) is 0 Å². The van der Waals surface area contributed by atoms with E-state index < -0.39 is 11.7 Å². The Hall–Kier alpha value is -3.92. The van der Waals surface area contributed by atoms with Crippen LogP contribution in [0.25, 0.3) is 11.3 Å². The van der Waals surface area contributed by atoms with Gasteiger partial charge in [0, 0.05) is 35.6 Å². The van der Waals surface area contributed by atoms with Gasteiger partial charge in [-0.25, -0.2) is 9.37 Å². The number of carbonyl (C=O) groups excluding carboxylic acids is 1. The number of rotatable bonds is 8. The zero-order valence-electron chi connectivity index (χ0n) is 19.7. The third kappa shape index (κ3) is 5.43. The van der Waals surface area contributed by atoms with E-state index in [1.54, 1.807) is 44.7 Å². The fourth-order valence-corrected chi connectivity index (χ4v) is 4.19. The number of hydrogen-bond donors (Lipinski definition) is 4. The number of nitrogens with two attached hydrogens (primary N) is 2. The molecule has 2 aromatic heterocycles. The molecule has 1 aromatic carbocycles. The second-order valence-electron chi connectivity index (χ2n) is 8.40. The summed E-state index contributed by atoms with van der Waals surface area (Å²) in [5.74, 6) is -0.0803. The topological polar surface area (TPSA) is 137 Å². The Bertz CT molecular complexity index is 1220. The van der Waals surface area contributed by atoms with Crippen LogP contribution in [-0.4, -0.2) is 42.2 Å². The molecule has 1 fully saturated rings. The number of carbonyl (C=O) groups is 1. The summed E-state index contributed by atoms with van der Waals surface area (Å²) in [5, 5.41) is 6.20. The minimum atomic E-state index is -0.800. The van der Waals surface area contributed by atoms with Gasteiger partial charge < -0.3 is 31.6 Å². The zero-order chi connectivity index (χ0) is 24.9. The third-order valence-corrected chi connectivity index (χ3v) is 6.09. The molecule has 0 spiro atoms. The van der Waals surface area contributed by atoms with E-state index in [0.717, 1.165) is 37.3 Å². The summed E-state index contributed by atoms with van der Waals surface area (Å²) in [5.41, 5.74) is 13.6. The molecule has 1 saturated carbocycles. The summed E-state index contributed by atoms with van der Waals surface area (Å²) >= 11 is 0. The second-order valence-corrected chi connectivity index (χ2v) is 8.40. The van der Waals surface area contributed by atoms with Crippen molar-refractivity contribution in [3.05, 3.63) is 54.0 Å². The summed E-state index contributed by atoms with van der Waals surface area (Å²) in [6.45, 7) is 0. The maximum atomic E-state index is 14.8. The van der Waals surface area contributed by atoms with Gasteiger partial charge in [0.15, 0.2) is 11.6 Å². The van der Waals surface area contributed by atoms with Gasteiger partial charge in [-0.3, -0.25) is 9.78 Å². The molecule has 10 heteroatoms. The lowest BCUT2D eigenvalue weighted by atomic mass is 9.91. The fraction of sp³-hybridized carbons (Fsp3) is 0.320. The van der Waals surface area contributed by atoms with E-state index in [2.05, 4.69) is 20.6 Å². The highest BCUT2D eigenvalue weighted by atomic mass is 19.1. The molecule has 0 saturated heterocycles. The molecule has 1 aliphatic carbocycles. The summed E-state index contributed by atoms with van der Waals surface area (Å²) in [4.78, 5) is 20.8. The van der Waals surface area contributed by atoms with Crippen LogP contribution in [0.2, 0.25) is 0 Å². The molecule has 35 heavy (non-hydrogen) atoms.